The Morgan fingerprint density at radius 2 is 2.15 bits per heavy atom. The lowest BCUT2D eigenvalue weighted by Crippen LogP contribution is -2.08. The molecule has 1 aromatic carbocycles. The Labute approximate surface area is 124 Å². The van der Waals surface area contributed by atoms with Crippen molar-refractivity contribution in [2.45, 2.75) is 50.9 Å². The second-order valence-electron chi connectivity index (χ2n) is 5.44. The molecule has 0 atom stereocenters. The van der Waals surface area contributed by atoms with Crippen LogP contribution in [0.15, 0.2) is 18.2 Å². The molecule has 2 aromatic rings. The zero-order chi connectivity index (χ0) is 13.9. The summed E-state index contributed by atoms with van der Waals surface area (Å²) in [5, 5.41) is 0. The van der Waals surface area contributed by atoms with Crippen LogP contribution in [0.4, 0.5) is 0 Å². The van der Waals surface area contributed by atoms with Gasteiger partial charge in [0.2, 0.25) is 0 Å². The minimum Gasteiger partial charge on any atom is -0.491 e. The van der Waals surface area contributed by atoms with Crippen molar-refractivity contribution in [2.24, 2.45) is 0 Å². The van der Waals surface area contributed by atoms with Gasteiger partial charge in [-0.3, -0.25) is 0 Å². The molecule has 0 aliphatic heterocycles. The summed E-state index contributed by atoms with van der Waals surface area (Å²) in [4.78, 5) is 4.73. The van der Waals surface area contributed by atoms with Crippen LogP contribution >= 0.6 is 11.6 Å². The molecule has 1 fully saturated rings. The average molecular weight is 293 g/mol. The summed E-state index contributed by atoms with van der Waals surface area (Å²) in [7, 11) is 0. The first kappa shape index (κ1) is 13.7. The summed E-state index contributed by atoms with van der Waals surface area (Å²) in [6, 6.07) is 6.74. The Morgan fingerprint density at radius 1 is 1.35 bits per heavy atom. The number of alkyl halides is 1. The maximum absolute atomic E-state index is 6.11. The van der Waals surface area contributed by atoms with Gasteiger partial charge in [0.1, 0.15) is 17.1 Å². The number of ether oxygens (including phenoxy) is 1. The number of hydrogen-bond donors (Lipinski definition) is 0. The van der Waals surface area contributed by atoms with Crippen molar-refractivity contribution in [3.05, 3.63) is 24.0 Å². The molecule has 1 heterocycles. The van der Waals surface area contributed by atoms with Crippen molar-refractivity contribution in [2.75, 3.05) is 6.61 Å². The highest BCUT2D eigenvalue weighted by Crippen LogP contribution is 2.36. The Hall–Kier alpha value is -1.22. The number of aromatic nitrogens is 2. The van der Waals surface area contributed by atoms with E-state index in [0.29, 0.717) is 11.9 Å². The molecule has 0 spiro atoms. The van der Waals surface area contributed by atoms with Crippen LogP contribution in [-0.2, 0) is 5.88 Å². The quantitative estimate of drug-likeness (QED) is 0.748. The van der Waals surface area contributed by atoms with E-state index in [9.17, 15) is 0 Å². The predicted molar refractivity (Wildman–Crippen MR) is 82.6 cm³/mol. The Kier molecular flexibility index (Phi) is 4.16. The topological polar surface area (TPSA) is 27.1 Å². The van der Waals surface area contributed by atoms with E-state index in [1.807, 2.05) is 6.07 Å². The molecule has 4 heteroatoms. The van der Waals surface area contributed by atoms with Gasteiger partial charge < -0.3 is 9.30 Å². The van der Waals surface area contributed by atoms with E-state index in [2.05, 4.69) is 23.6 Å². The van der Waals surface area contributed by atoms with Crippen molar-refractivity contribution in [1.29, 1.82) is 0 Å². The van der Waals surface area contributed by atoms with Gasteiger partial charge in [0.25, 0.3) is 0 Å². The maximum Gasteiger partial charge on any atom is 0.147 e. The number of rotatable bonds is 5. The Morgan fingerprint density at radius 3 is 2.85 bits per heavy atom. The molecule has 0 unspecified atom stereocenters. The van der Waals surface area contributed by atoms with Gasteiger partial charge in [0.05, 0.1) is 18.0 Å². The minimum atomic E-state index is 0.457. The second-order valence-corrected chi connectivity index (χ2v) is 5.71. The van der Waals surface area contributed by atoms with E-state index in [4.69, 9.17) is 21.3 Å². The second kappa shape index (κ2) is 6.04. The van der Waals surface area contributed by atoms with E-state index >= 15 is 0 Å². The zero-order valence-electron chi connectivity index (χ0n) is 11.9. The molecule has 3 nitrogen and oxygen atoms in total. The fraction of sp³-hybridized carbons (Fsp3) is 0.562. The Balaban J connectivity index is 2.08. The first-order chi connectivity index (χ1) is 9.85. The molecular weight excluding hydrogens is 272 g/mol. The van der Waals surface area contributed by atoms with Gasteiger partial charge in [-0.15, -0.1) is 11.6 Å². The van der Waals surface area contributed by atoms with Gasteiger partial charge in [0.15, 0.2) is 0 Å². The highest BCUT2D eigenvalue weighted by molar-refractivity contribution is 6.16. The van der Waals surface area contributed by atoms with Gasteiger partial charge in [-0.25, -0.2) is 4.98 Å². The number of halogens is 1. The van der Waals surface area contributed by atoms with E-state index in [-0.39, 0.29) is 0 Å². The molecule has 1 aliphatic carbocycles. The van der Waals surface area contributed by atoms with Crippen molar-refractivity contribution in [3.8, 4) is 5.75 Å². The van der Waals surface area contributed by atoms with Gasteiger partial charge in [-0.05, 0) is 31.4 Å². The smallest absolute Gasteiger partial charge is 0.147 e. The van der Waals surface area contributed by atoms with Crippen LogP contribution in [0.1, 0.15) is 50.9 Å². The van der Waals surface area contributed by atoms with Crippen LogP contribution in [0.5, 0.6) is 5.75 Å². The fourth-order valence-electron chi connectivity index (χ4n) is 3.13. The molecular formula is C16H21ClN2O. The molecule has 0 amide bonds. The Bertz CT molecular complexity index is 587. The zero-order valence-corrected chi connectivity index (χ0v) is 12.7. The lowest BCUT2D eigenvalue weighted by Gasteiger charge is -2.15. The van der Waals surface area contributed by atoms with Crippen LogP contribution in [-0.4, -0.2) is 16.2 Å². The monoisotopic (exact) mass is 292 g/mol. The summed E-state index contributed by atoms with van der Waals surface area (Å²) < 4.78 is 8.17. The molecule has 20 heavy (non-hydrogen) atoms. The minimum absolute atomic E-state index is 0.457. The fourth-order valence-corrected chi connectivity index (χ4v) is 3.32. The van der Waals surface area contributed by atoms with E-state index in [1.54, 1.807) is 0 Å². The number of para-hydroxylation sites is 1. The molecule has 1 aliphatic rings. The number of benzene rings is 1. The molecule has 0 bridgehead atoms. The standard InChI is InChI=1S/C16H21ClN2O/c1-2-10-20-14-9-5-8-13-16(14)18-15(11-17)19(13)12-6-3-4-7-12/h5,8-9,12H,2-4,6-7,10-11H2,1H3. The number of nitrogens with zero attached hydrogens (tertiary/aromatic N) is 2. The predicted octanol–water partition coefficient (Wildman–Crippen LogP) is 4.68. The summed E-state index contributed by atoms with van der Waals surface area (Å²) in [5.41, 5.74) is 2.13. The maximum atomic E-state index is 6.11. The molecule has 108 valence electrons. The van der Waals surface area contributed by atoms with Crippen LogP contribution in [0, 0.1) is 0 Å². The van der Waals surface area contributed by atoms with Crippen LogP contribution in [0.25, 0.3) is 11.0 Å². The lowest BCUT2D eigenvalue weighted by atomic mass is 10.2. The van der Waals surface area contributed by atoms with Crippen LogP contribution < -0.4 is 4.74 Å². The molecule has 3 rings (SSSR count). The highest BCUT2D eigenvalue weighted by atomic mass is 35.5. The van der Waals surface area contributed by atoms with E-state index in [1.165, 1.54) is 31.2 Å². The van der Waals surface area contributed by atoms with Crippen LogP contribution in [0.3, 0.4) is 0 Å². The van der Waals surface area contributed by atoms with Gasteiger partial charge in [-0.1, -0.05) is 25.8 Å². The molecule has 0 saturated heterocycles. The summed E-state index contributed by atoms with van der Waals surface area (Å²) in [6.45, 7) is 2.84. The number of hydrogen-bond acceptors (Lipinski definition) is 2. The third-order valence-corrected chi connectivity index (χ3v) is 4.27. The van der Waals surface area contributed by atoms with Gasteiger partial charge in [0, 0.05) is 6.04 Å². The summed E-state index contributed by atoms with van der Waals surface area (Å²) in [6.07, 6.45) is 6.07. The third-order valence-electron chi connectivity index (χ3n) is 4.03. The van der Waals surface area contributed by atoms with Crippen LogP contribution in [0.2, 0.25) is 0 Å². The summed E-state index contributed by atoms with van der Waals surface area (Å²) in [5.74, 6) is 2.31. The van der Waals surface area contributed by atoms with Gasteiger partial charge in [-0.2, -0.15) is 0 Å². The van der Waals surface area contributed by atoms with E-state index in [0.717, 1.165) is 30.1 Å². The van der Waals surface area contributed by atoms with Crippen molar-refractivity contribution in [3.63, 3.8) is 0 Å². The SMILES string of the molecule is CCCOc1cccc2c1nc(CCl)n2C1CCCC1. The largest absolute Gasteiger partial charge is 0.491 e. The summed E-state index contributed by atoms with van der Waals surface area (Å²) >= 11 is 6.11. The van der Waals surface area contributed by atoms with Gasteiger partial charge >= 0.3 is 0 Å². The van der Waals surface area contributed by atoms with E-state index < -0.39 is 0 Å². The highest BCUT2D eigenvalue weighted by Gasteiger charge is 2.23. The van der Waals surface area contributed by atoms with Crippen molar-refractivity contribution < 1.29 is 4.74 Å². The average Bonchev–Trinajstić information content (AvgIpc) is 3.10. The number of imidazole rings is 1. The molecule has 0 N–H and O–H groups in total. The van der Waals surface area contributed by atoms with Crippen molar-refractivity contribution >= 4 is 22.6 Å². The molecule has 0 radical (unpaired) electrons. The molecule has 1 aromatic heterocycles. The first-order valence-electron chi connectivity index (χ1n) is 7.53. The number of fused-ring (bicyclic) bond motifs is 1. The first-order valence-corrected chi connectivity index (χ1v) is 8.07. The molecule has 1 saturated carbocycles. The third kappa shape index (κ3) is 2.39. The van der Waals surface area contributed by atoms with Crippen molar-refractivity contribution in [1.82, 2.24) is 9.55 Å². The lowest BCUT2D eigenvalue weighted by molar-refractivity contribution is 0.320. The normalized spacial score (nSPS) is 16.1.